The van der Waals surface area contributed by atoms with E-state index in [9.17, 15) is 15.2 Å². The number of rotatable bonds is 4. The van der Waals surface area contributed by atoms with Gasteiger partial charge in [0.15, 0.2) is 0 Å². The highest BCUT2D eigenvalue weighted by Gasteiger charge is 2.15. The summed E-state index contributed by atoms with van der Waals surface area (Å²) in [6.45, 7) is 3.87. The van der Waals surface area contributed by atoms with Gasteiger partial charge in [0, 0.05) is 17.4 Å². The van der Waals surface area contributed by atoms with Crippen LogP contribution in [0.3, 0.4) is 0 Å². The smallest absolute Gasteiger partial charge is 0.288 e. The highest BCUT2D eigenvalue weighted by molar-refractivity contribution is 6.33. The van der Waals surface area contributed by atoms with E-state index >= 15 is 0 Å². The van der Waals surface area contributed by atoms with Crippen molar-refractivity contribution >= 4 is 23.0 Å². The molecule has 0 bridgehead atoms. The minimum absolute atomic E-state index is 0.0644. The van der Waals surface area contributed by atoms with Crippen molar-refractivity contribution < 1.29 is 10.0 Å². The van der Waals surface area contributed by atoms with Gasteiger partial charge in [0.2, 0.25) is 0 Å². The molecule has 0 aliphatic heterocycles. The molecule has 0 radical (unpaired) electrons. The molecule has 21 heavy (non-hydrogen) atoms. The predicted octanol–water partition coefficient (Wildman–Crippen LogP) is 3.58. The number of nitro groups is 1. The summed E-state index contributed by atoms with van der Waals surface area (Å²) in [5, 5.41) is 23.7. The molecule has 110 valence electrons. The van der Waals surface area contributed by atoms with Gasteiger partial charge in [0.1, 0.15) is 16.5 Å². The molecule has 0 fully saturated rings. The number of hydrogen-bond acceptors (Lipinski definition) is 5. The van der Waals surface area contributed by atoms with Crippen molar-refractivity contribution in [2.75, 3.05) is 5.32 Å². The van der Waals surface area contributed by atoms with Crippen LogP contribution in [0, 0.1) is 24.0 Å². The predicted molar refractivity (Wildman–Crippen MR) is 80.8 cm³/mol. The summed E-state index contributed by atoms with van der Waals surface area (Å²) >= 11 is 5.89. The lowest BCUT2D eigenvalue weighted by Gasteiger charge is -2.11. The van der Waals surface area contributed by atoms with Crippen LogP contribution in [0.2, 0.25) is 5.02 Å². The zero-order chi connectivity index (χ0) is 15.6. The molecule has 0 aliphatic rings. The van der Waals surface area contributed by atoms with Gasteiger partial charge in [0.05, 0.1) is 11.5 Å². The van der Waals surface area contributed by atoms with Crippen LogP contribution in [0.1, 0.15) is 17.0 Å². The summed E-state index contributed by atoms with van der Waals surface area (Å²) in [6, 6.07) is 6.21. The number of benzene rings is 1. The first-order chi connectivity index (χ1) is 9.88. The SMILES string of the molecule is Cc1ccc(O)c(CNc2cc(Cl)c([N+](=O)[O-])cc2C)n1. The number of hydrogen-bond donors (Lipinski definition) is 2. The second-order valence-electron chi connectivity index (χ2n) is 4.65. The van der Waals surface area contributed by atoms with Gasteiger partial charge < -0.3 is 10.4 Å². The first-order valence-corrected chi connectivity index (χ1v) is 6.60. The van der Waals surface area contributed by atoms with Crippen LogP contribution in [0.25, 0.3) is 0 Å². The van der Waals surface area contributed by atoms with Crippen LogP contribution in [-0.4, -0.2) is 15.0 Å². The molecule has 1 aromatic heterocycles. The Morgan fingerprint density at radius 2 is 2.10 bits per heavy atom. The summed E-state index contributed by atoms with van der Waals surface area (Å²) in [4.78, 5) is 14.5. The highest BCUT2D eigenvalue weighted by Crippen LogP contribution is 2.31. The summed E-state index contributed by atoms with van der Waals surface area (Å²) in [5.41, 5.74) is 2.52. The largest absolute Gasteiger partial charge is 0.506 e. The summed E-state index contributed by atoms with van der Waals surface area (Å²) in [7, 11) is 0. The lowest BCUT2D eigenvalue weighted by molar-refractivity contribution is -0.384. The van der Waals surface area contributed by atoms with Crippen LogP contribution in [0.15, 0.2) is 24.3 Å². The van der Waals surface area contributed by atoms with Gasteiger partial charge in [0.25, 0.3) is 5.69 Å². The molecular weight excluding hydrogens is 294 g/mol. The molecule has 0 saturated heterocycles. The van der Waals surface area contributed by atoms with Crippen LogP contribution < -0.4 is 5.32 Å². The Morgan fingerprint density at radius 3 is 2.76 bits per heavy atom. The zero-order valence-corrected chi connectivity index (χ0v) is 12.3. The van der Waals surface area contributed by atoms with Crippen LogP contribution in [0.5, 0.6) is 5.75 Å². The lowest BCUT2D eigenvalue weighted by Crippen LogP contribution is -2.04. The van der Waals surface area contributed by atoms with Gasteiger partial charge in [-0.15, -0.1) is 0 Å². The fourth-order valence-corrected chi connectivity index (χ4v) is 2.14. The average Bonchev–Trinajstić information content (AvgIpc) is 2.42. The Balaban J connectivity index is 2.22. The normalized spacial score (nSPS) is 10.4. The van der Waals surface area contributed by atoms with E-state index in [2.05, 4.69) is 10.3 Å². The Bertz CT molecular complexity index is 704. The molecule has 2 N–H and O–H groups in total. The Labute approximate surface area is 126 Å². The van der Waals surface area contributed by atoms with E-state index in [4.69, 9.17) is 11.6 Å². The first-order valence-electron chi connectivity index (χ1n) is 6.22. The minimum Gasteiger partial charge on any atom is -0.506 e. The molecule has 2 aromatic rings. The highest BCUT2D eigenvalue weighted by atomic mass is 35.5. The van der Waals surface area contributed by atoms with Gasteiger partial charge in [-0.05, 0) is 37.6 Å². The molecular formula is C14H14ClN3O3. The second-order valence-corrected chi connectivity index (χ2v) is 5.05. The Morgan fingerprint density at radius 1 is 1.38 bits per heavy atom. The molecule has 0 aliphatic carbocycles. The van der Waals surface area contributed by atoms with Crippen molar-refractivity contribution in [2.45, 2.75) is 20.4 Å². The van der Waals surface area contributed by atoms with Crippen molar-refractivity contribution in [1.82, 2.24) is 4.98 Å². The Hall–Kier alpha value is -2.34. The molecule has 0 atom stereocenters. The van der Waals surface area contributed by atoms with E-state index in [1.807, 2.05) is 6.92 Å². The van der Waals surface area contributed by atoms with Crippen molar-refractivity contribution in [3.63, 3.8) is 0 Å². The second kappa shape index (κ2) is 5.97. The van der Waals surface area contributed by atoms with Crippen LogP contribution in [0.4, 0.5) is 11.4 Å². The van der Waals surface area contributed by atoms with Gasteiger partial charge in [-0.3, -0.25) is 15.1 Å². The van der Waals surface area contributed by atoms with Crippen molar-refractivity contribution in [3.05, 3.63) is 56.4 Å². The van der Waals surface area contributed by atoms with Crippen molar-refractivity contribution in [1.29, 1.82) is 0 Å². The fraction of sp³-hybridized carbons (Fsp3) is 0.214. The third kappa shape index (κ3) is 3.41. The molecule has 6 nitrogen and oxygen atoms in total. The number of nitrogens with one attached hydrogen (secondary N) is 1. The monoisotopic (exact) mass is 307 g/mol. The number of aromatic hydroxyl groups is 1. The quantitative estimate of drug-likeness (QED) is 0.666. The van der Waals surface area contributed by atoms with Crippen molar-refractivity contribution in [2.24, 2.45) is 0 Å². The van der Waals surface area contributed by atoms with Crippen molar-refractivity contribution in [3.8, 4) is 5.75 Å². The van der Waals surface area contributed by atoms with Gasteiger partial charge in [-0.25, -0.2) is 0 Å². The maximum Gasteiger partial charge on any atom is 0.288 e. The van der Waals surface area contributed by atoms with Gasteiger partial charge in [-0.2, -0.15) is 0 Å². The van der Waals surface area contributed by atoms with Crippen LogP contribution in [-0.2, 0) is 6.54 Å². The third-order valence-electron chi connectivity index (χ3n) is 3.03. The molecule has 0 amide bonds. The third-order valence-corrected chi connectivity index (χ3v) is 3.33. The lowest BCUT2D eigenvalue weighted by atomic mass is 10.1. The van der Waals surface area contributed by atoms with Crippen LogP contribution >= 0.6 is 11.6 Å². The number of nitrogens with zero attached hydrogens (tertiary/aromatic N) is 2. The van der Waals surface area contributed by atoms with E-state index in [0.717, 1.165) is 5.69 Å². The minimum atomic E-state index is -0.521. The molecule has 1 heterocycles. The van der Waals surface area contributed by atoms with E-state index in [0.29, 0.717) is 23.5 Å². The fourth-order valence-electron chi connectivity index (χ4n) is 1.91. The summed E-state index contributed by atoms with van der Waals surface area (Å²) in [5.74, 6) is 0.0961. The zero-order valence-electron chi connectivity index (χ0n) is 11.6. The first kappa shape index (κ1) is 15.1. The van der Waals surface area contributed by atoms with E-state index in [1.54, 1.807) is 19.1 Å². The molecule has 0 saturated carbocycles. The number of aromatic nitrogens is 1. The molecule has 7 heteroatoms. The van der Waals surface area contributed by atoms with E-state index in [-0.39, 0.29) is 16.5 Å². The van der Waals surface area contributed by atoms with Gasteiger partial charge in [-0.1, -0.05) is 11.6 Å². The summed E-state index contributed by atoms with van der Waals surface area (Å²) < 4.78 is 0. The maximum atomic E-state index is 10.8. The average molecular weight is 308 g/mol. The standard InChI is InChI=1S/C14H14ClN3O3/c1-8-5-13(18(20)21)10(15)6-11(8)16-7-12-14(19)4-3-9(2)17-12/h3-6,16,19H,7H2,1-2H3. The van der Waals surface area contributed by atoms with Gasteiger partial charge >= 0.3 is 0 Å². The maximum absolute atomic E-state index is 10.8. The van der Waals surface area contributed by atoms with E-state index < -0.39 is 4.92 Å². The molecule has 1 aromatic carbocycles. The summed E-state index contributed by atoms with van der Waals surface area (Å²) in [6.07, 6.45) is 0. The number of anilines is 1. The van der Waals surface area contributed by atoms with E-state index in [1.165, 1.54) is 12.1 Å². The molecule has 0 spiro atoms. The number of halogens is 1. The molecule has 2 rings (SSSR count). The topological polar surface area (TPSA) is 88.3 Å². The number of nitro benzene ring substituents is 1. The Kier molecular flexibility index (Phi) is 4.28. The molecule has 0 unspecified atom stereocenters. The number of aryl methyl sites for hydroxylation is 2. The number of pyridine rings is 1.